The van der Waals surface area contributed by atoms with Gasteiger partial charge < -0.3 is 10.1 Å². The second-order valence-electron chi connectivity index (χ2n) is 5.57. The number of esters is 1. The van der Waals surface area contributed by atoms with Gasteiger partial charge >= 0.3 is 5.97 Å². The summed E-state index contributed by atoms with van der Waals surface area (Å²) in [5.41, 5.74) is 1.65. The largest absolute Gasteiger partial charge is 0.465 e. The first kappa shape index (κ1) is 18.7. The molecule has 0 spiro atoms. The Labute approximate surface area is 160 Å². The number of hydrogen-bond donors (Lipinski definition) is 1. The highest BCUT2D eigenvalue weighted by atomic mass is 32.2. The maximum atomic E-state index is 12.4. The molecule has 3 rings (SSSR count). The zero-order chi connectivity index (χ0) is 19.2. The van der Waals surface area contributed by atoms with Gasteiger partial charge in [0.25, 0.3) is 0 Å². The number of thioether (sulfide) groups is 1. The molecule has 0 saturated heterocycles. The summed E-state index contributed by atoms with van der Waals surface area (Å²) >= 11 is 1.27. The maximum Gasteiger partial charge on any atom is 0.339 e. The van der Waals surface area contributed by atoms with Gasteiger partial charge in [0.15, 0.2) is 5.16 Å². The van der Waals surface area contributed by atoms with Crippen molar-refractivity contribution in [3.63, 3.8) is 0 Å². The topological polar surface area (TPSA) is 86.1 Å². The summed E-state index contributed by atoms with van der Waals surface area (Å²) in [6.07, 6.45) is 0. The van der Waals surface area contributed by atoms with Crippen LogP contribution in [0.4, 0.5) is 5.69 Å². The van der Waals surface area contributed by atoms with Crippen LogP contribution in [0.25, 0.3) is 5.69 Å². The van der Waals surface area contributed by atoms with E-state index >= 15 is 0 Å². The van der Waals surface area contributed by atoms with Crippen LogP contribution >= 0.6 is 11.8 Å². The van der Waals surface area contributed by atoms with E-state index in [1.165, 1.54) is 18.9 Å². The van der Waals surface area contributed by atoms with Gasteiger partial charge in [-0.25, -0.2) is 4.79 Å². The molecule has 8 heteroatoms. The van der Waals surface area contributed by atoms with Crippen LogP contribution in [-0.4, -0.2) is 39.5 Å². The van der Waals surface area contributed by atoms with E-state index in [9.17, 15) is 9.59 Å². The van der Waals surface area contributed by atoms with Crippen LogP contribution < -0.4 is 5.32 Å². The van der Waals surface area contributed by atoms with Crippen molar-refractivity contribution in [2.75, 3.05) is 18.2 Å². The summed E-state index contributed by atoms with van der Waals surface area (Å²) in [7, 11) is 1.30. The molecule has 0 unspecified atom stereocenters. The lowest BCUT2D eigenvalue weighted by molar-refractivity contribution is -0.113. The fourth-order valence-corrected chi connectivity index (χ4v) is 3.30. The van der Waals surface area contributed by atoms with Crippen LogP contribution in [0.5, 0.6) is 0 Å². The first-order valence-corrected chi connectivity index (χ1v) is 9.16. The third-order valence-corrected chi connectivity index (χ3v) is 4.68. The summed E-state index contributed by atoms with van der Waals surface area (Å²) in [6, 6.07) is 16.4. The van der Waals surface area contributed by atoms with E-state index in [4.69, 9.17) is 4.74 Å². The van der Waals surface area contributed by atoms with E-state index in [0.717, 1.165) is 11.5 Å². The number of amides is 1. The monoisotopic (exact) mass is 382 g/mol. The number of rotatable bonds is 6. The molecule has 3 aromatic rings. The van der Waals surface area contributed by atoms with Crippen molar-refractivity contribution in [3.8, 4) is 5.69 Å². The number of benzene rings is 2. The molecule has 0 saturated carbocycles. The molecule has 1 heterocycles. The second kappa shape index (κ2) is 8.50. The number of para-hydroxylation sites is 2. The molecule has 0 aliphatic heterocycles. The van der Waals surface area contributed by atoms with Gasteiger partial charge in [-0.05, 0) is 31.2 Å². The molecule has 0 radical (unpaired) electrons. The average molecular weight is 382 g/mol. The number of nitrogens with zero attached hydrogens (tertiary/aromatic N) is 3. The minimum Gasteiger partial charge on any atom is -0.465 e. The van der Waals surface area contributed by atoms with Crippen molar-refractivity contribution >= 4 is 29.3 Å². The smallest absolute Gasteiger partial charge is 0.339 e. The molecule has 27 heavy (non-hydrogen) atoms. The van der Waals surface area contributed by atoms with Gasteiger partial charge in [0, 0.05) is 5.69 Å². The number of aromatic nitrogens is 3. The Morgan fingerprint density at radius 1 is 1.07 bits per heavy atom. The number of methoxy groups -OCH3 is 1. The summed E-state index contributed by atoms with van der Waals surface area (Å²) in [4.78, 5) is 24.2. The minimum absolute atomic E-state index is 0.125. The molecule has 1 amide bonds. The van der Waals surface area contributed by atoms with Gasteiger partial charge in [-0.2, -0.15) is 0 Å². The standard InChI is InChI=1S/C19H18N4O3S/c1-13-21-22-19(23(13)14-8-4-3-5-9-14)27-12-17(24)20-16-11-7-6-10-15(16)18(25)26-2/h3-11H,12H2,1-2H3,(H,20,24). The Morgan fingerprint density at radius 2 is 1.78 bits per heavy atom. The molecule has 0 atom stereocenters. The van der Waals surface area contributed by atoms with Gasteiger partial charge in [0.2, 0.25) is 5.91 Å². The summed E-state index contributed by atoms with van der Waals surface area (Å²) < 4.78 is 6.63. The Balaban J connectivity index is 1.71. The van der Waals surface area contributed by atoms with Crippen molar-refractivity contribution in [2.24, 2.45) is 0 Å². The fourth-order valence-electron chi connectivity index (χ4n) is 2.51. The van der Waals surface area contributed by atoms with Gasteiger partial charge in [0.1, 0.15) is 5.82 Å². The number of carbonyl (C=O) groups is 2. The van der Waals surface area contributed by atoms with Crippen LogP contribution in [0.3, 0.4) is 0 Å². The molecule has 1 N–H and O–H groups in total. The highest BCUT2D eigenvalue weighted by Crippen LogP contribution is 2.22. The number of nitrogens with one attached hydrogen (secondary N) is 1. The quantitative estimate of drug-likeness (QED) is 0.521. The van der Waals surface area contributed by atoms with Crippen LogP contribution in [0, 0.1) is 6.92 Å². The first-order chi connectivity index (χ1) is 13.1. The van der Waals surface area contributed by atoms with Gasteiger partial charge in [-0.3, -0.25) is 9.36 Å². The van der Waals surface area contributed by atoms with Crippen molar-refractivity contribution in [1.29, 1.82) is 0 Å². The Kier molecular flexibility index (Phi) is 5.87. The van der Waals surface area contributed by atoms with E-state index < -0.39 is 5.97 Å². The molecule has 1 aromatic heterocycles. The number of hydrogen-bond acceptors (Lipinski definition) is 6. The molecule has 138 valence electrons. The average Bonchev–Trinajstić information content (AvgIpc) is 3.07. The fraction of sp³-hybridized carbons (Fsp3) is 0.158. The van der Waals surface area contributed by atoms with E-state index in [1.807, 2.05) is 41.8 Å². The van der Waals surface area contributed by atoms with Crippen LogP contribution in [0.15, 0.2) is 59.8 Å². The molecule has 2 aromatic carbocycles. The molecule has 7 nitrogen and oxygen atoms in total. The zero-order valence-electron chi connectivity index (χ0n) is 14.9. The van der Waals surface area contributed by atoms with E-state index in [0.29, 0.717) is 16.4 Å². The minimum atomic E-state index is -0.502. The SMILES string of the molecule is COC(=O)c1ccccc1NC(=O)CSc1nnc(C)n1-c1ccccc1. The second-order valence-corrected chi connectivity index (χ2v) is 6.52. The molecule has 0 bridgehead atoms. The van der Waals surface area contributed by atoms with Crippen LogP contribution in [0.1, 0.15) is 16.2 Å². The van der Waals surface area contributed by atoms with Crippen LogP contribution in [-0.2, 0) is 9.53 Å². The van der Waals surface area contributed by atoms with Gasteiger partial charge in [0.05, 0.1) is 24.1 Å². The maximum absolute atomic E-state index is 12.4. The van der Waals surface area contributed by atoms with Gasteiger partial charge in [-0.1, -0.05) is 42.1 Å². The van der Waals surface area contributed by atoms with Crippen molar-refractivity contribution in [3.05, 3.63) is 66.0 Å². The summed E-state index contributed by atoms with van der Waals surface area (Å²) in [5, 5.41) is 11.6. The molecule has 0 fully saturated rings. The van der Waals surface area contributed by atoms with Crippen molar-refractivity contribution in [2.45, 2.75) is 12.1 Å². The third-order valence-electron chi connectivity index (χ3n) is 3.75. The van der Waals surface area contributed by atoms with E-state index in [-0.39, 0.29) is 11.7 Å². The third kappa shape index (κ3) is 4.35. The summed E-state index contributed by atoms with van der Waals surface area (Å²) in [6.45, 7) is 1.86. The van der Waals surface area contributed by atoms with Gasteiger partial charge in [-0.15, -0.1) is 10.2 Å². The number of anilines is 1. The van der Waals surface area contributed by atoms with E-state index in [2.05, 4.69) is 15.5 Å². The van der Waals surface area contributed by atoms with Crippen molar-refractivity contribution in [1.82, 2.24) is 14.8 Å². The van der Waals surface area contributed by atoms with E-state index in [1.54, 1.807) is 24.3 Å². The number of ether oxygens (including phenoxy) is 1. The predicted molar refractivity (Wildman–Crippen MR) is 103 cm³/mol. The predicted octanol–water partition coefficient (Wildman–Crippen LogP) is 3.09. The highest BCUT2D eigenvalue weighted by molar-refractivity contribution is 7.99. The van der Waals surface area contributed by atoms with Crippen molar-refractivity contribution < 1.29 is 14.3 Å². The zero-order valence-corrected chi connectivity index (χ0v) is 15.7. The lowest BCUT2D eigenvalue weighted by Gasteiger charge is -2.10. The Bertz CT molecular complexity index is 957. The first-order valence-electron chi connectivity index (χ1n) is 8.17. The normalized spacial score (nSPS) is 10.4. The lowest BCUT2D eigenvalue weighted by Crippen LogP contribution is -2.17. The molecular formula is C19H18N4O3S. The number of carbonyl (C=O) groups excluding carboxylic acids is 2. The molecular weight excluding hydrogens is 364 g/mol. The highest BCUT2D eigenvalue weighted by Gasteiger charge is 2.16. The van der Waals surface area contributed by atoms with Crippen LogP contribution in [0.2, 0.25) is 0 Å². The Hall–Kier alpha value is -3.13. The molecule has 0 aliphatic carbocycles. The Morgan fingerprint density at radius 3 is 2.52 bits per heavy atom. The summed E-state index contributed by atoms with van der Waals surface area (Å²) in [5.74, 6) is 0.107. The lowest BCUT2D eigenvalue weighted by atomic mass is 10.2. The molecule has 0 aliphatic rings. The number of aryl methyl sites for hydroxylation is 1.